The van der Waals surface area contributed by atoms with E-state index in [2.05, 4.69) is 0 Å². The quantitative estimate of drug-likeness (QED) is 0.584. The van der Waals surface area contributed by atoms with E-state index in [0.717, 1.165) is 6.07 Å². The Morgan fingerprint density at radius 1 is 1.14 bits per heavy atom. The molecule has 0 aliphatic rings. The first kappa shape index (κ1) is 12.0. The van der Waals surface area contributed by atoms with Crippen molar-refractivity contribution in [2.75, 3.05) is 0 Å². The molecular formula is C8H2F3I2N. The van der Waals surface area contributed by atoms with Crippen molar-refractivity contribution in [2.24, 2.45) is 0 Å². The van der Waals surface area contributed by atoms with E-state index < -0.39 is 11.7 Å². The first-order valence-corrected chi connectivity index (χ1v) is 5.48. The zero-order valence-corrected chi connectivity index (χ0v) is 10.8. The van der Waals surface area contributed by atoms with Gasteiger partial charge in [0.2, 0.25) is 0 Å². The molecule has 0 unspecified atom stereocenters. The zero-order valence-electron chi connectivity index (χ0n) is 6.49. The summed E-state index contributed by atoms with van der Waals surface area (Å²) in [5.74, 6) is 0. The molecule has 74 valence electrons. The number of nitrogens with zero attached hydrogens (tertiary/aromatic N) is 1. The van der Waals surface area contributed by atoms with Gasteiger partial charge in [-0.05, 0) is 57.3 Å². The second-order valence-electron chi connectivity index (χ2n) is 2.42. The normalized spacial score (nSPS) is 11.1. The Balaban J connectivity index is 3.45. The molecular weight excluding hydrogens is 421 g/mol. The van der Waals surface area contributed by atoms with Crippen LogP contribution in [-0.2, 0) is 6.18 Å². The fourth-order valence-corrected chi connectivity index (χ4v) is 1.81. The summed E-state index contributed by atoms with van der Waals surface area (Å²) in [6.45, 7) is 0. The maximum Gasteiger partial charge on any atom is 0.417 e. The van der Waals surface area contributed by atoms with E-state index in [-0.39, 0.29) is 5.56 Å². The highest BCUT2D eigenvalue weighted by Crippen LogP contribution is 2.34. The van der Waals surface area contributed by atoms with E-state index in [4.69, 9.17) is 5.26 Å². The number of halogens is 5. The summed E-state index contributed by atoms with van der Waals surface area (Å²) in [5, 5.41) is 8.54. The van der Waals surface area contributed by atoms with Crippen molar-refractivity contribution in [3.8, 4) is 6.07 Å². The van der Waals surface area contributed by atoms with Crippen LogP contribution in [0.1, 0.15) is 11.1 Å². The highest BCUT2D eigenvalue weighted by molar-refractivity contribution is 14.1. The lowest BCUT2D eigenvalue weighted by Crippen LogP contribution is -2.08. The van der Waals surface area contributed by atoms with Crippen molar-refractivity contribution in [3.05, 3.63) is 30.4 Å². The number of rotatable bonds is 0. The Morgan fingerprint density at radius 2 is 1.64 bits per heavy atom. The van der Waals surface area contributed by atoms with Crippen LogP contribution in [0.25, 0.3) is 0 Å². The number of nitriles is 1. The third-order valence-corrected chi connectivity index (χ3v) is 4.30. The molecule has 0 aliphatic carbocycles. The Hall–Kier alpha value is -0.0400. The van der Waals surface area contributed by atoms with Gasteiger partial charge in [0.05, 0.1) is 17.2 Å². The largest absolute Gasteiger partial charge is 0.417 e. The van der Waals surface area contributed by atoms with Crippen LogP contribution in [0.4, 0.5) is 13.2 Å². The fourth-order valence-electron chi connectivity index (χ4n) is 0.874. The van der Waals surface area contributed by atoms with Crippen LogP contribution in [-0.4, -0.2) is 0 Å². The molecule has 0 spiro atoms. The van der Waals surface area contributed by atoms with Gasteiger partial charge in [-0.25, -0.2) is 0 Å². The van der Waals surface area contributed by atoms with Crippen LogP contribution in [0.2, 0.25) is 0 Å². The molecule has 0 fully saturated rings. The Kier molecular flexibility index (Phi) is 3.63. The van der Waals surface area contributed by atoms with Crippen LogP contribution in [0.5, 0.6) is 0 Å². The Labute approximate surface area is 106 Å². The third-order valence-electron chi connectivity index (χ3n) is 1.49. The molecule has 0 saturated heterocycles. The van der Waals surface area contributed by atoms with E-state index in [1.807, 2.05) is 22.6 Å². The fraction of sp³-hybridized carbons (Fsp3) is 0.125. The summed E-state index contributed by atoms with van der Waals surface area (Å²) < 4.78 is 38.3. The predicted molar refractivity (Wildman–Crippen MR) is 61.6 cm³/mol. The van der Waals surface area contributed by atoms with Crippen LogP contribution < -0.4 is 0 Å². The molecule has 14 heavy (non-hydrogen) atoms. The van der Waals surface area contributed by atoms with Gasteiger partial charge in [-0.2, -0.15) is 18.4 Å². The molecule has 1 aromatic carbocycles. The first-order valence-electron chi connectivity index (χ1n) is 3.32. The van der Waals surface area contributed by atoms with Gasteiger partial charge in [-0.3, -0.25) is 0 Å². The van der Waals surface area contributed by atoms with Crippen LogP contribution >= 0.6 is 45.2 Å². The molecule has 0 radical (unpaired) electrons. The van der Waals surface area contributed by atoms with Gasteiger partial charge in [0, 0.05) is 7.14 Å². The highest BCUT2D eigenvalue weighted by Gasteiger charge is 2.34. The molecule has 0 N–H and O–H groups in total. The molecule has 0 aliphatic heterocycles. The van der Waals surface area contributed by atoms with Gasteiger partial charge in [-0.15, -0.1) is 0 Å². The molecule has 0 bridgehead atoms. The minimum Gasteiger partial charge on any atom is -0.192 e. The highest BCUT2D eigenvalue weighted by atomic mass is 127. The topological polar surface area (TPSA) is 23.8 Å². The molecule has 6 heteroatoms. The number of alkyl halides is 3. The molecule has 0 saturated carbocycles. The van der Waals surface area contributed by atoms with Gasteiger partial charge in [0.15, 0.2) is 0 Å². The van der Waals surface area contributed by atoms with Crippen molar-refractivity contribution in [1.82, 2.24) is 0 Å². The number of hydrogen-bond acceptors (Lipinski definition) is 1. The lowest BCUT2D eigenvalue weighted by atomic mass is 10.1. The first-order chi connectivity index (χ1) is 6.36. The summed E-state index contributed by atoms with van der Waals surface area (Å²) in [6, 6.07) is 3.77. The third kappa shape index (κ3) is 2.50. The summed E-state index contributed by atoms with van der Waals surface area (Å²) >= 11 is 3.70. The van der Waals surface area contributed by atoms with E-state index in [1.54, 1.807) is 28.7 Å². The molecule has 0 heterocycles. The summed E-state index contributed by atoms with van der Waals surface area (Å²) in [6.07, 6.45) is -4.46. The van der Waals surface area contributed by atoms with Crippen molar-refractivity contribution < 1.29 is 13.2 Å². The monoisotopic (exact) mass is 423 g/mol. The molecule has 1 nitrogen and oxygen atoms in total. The number of hydrogen-bond donors (Lipinski definition) is 0. The van der Waals surface area contributed by atoms with Crippen LogP contribution in [0.15, 0.2) is 12.1 Å². The Morgan fingerprint density at radius 3 is 2.07 bits per heavy atom. The van der Waals surface area contributed by atoms with Gasteiger partial charge in [0.25, 0.3) is 0 Å². The van der Waals surface area contributed by atoms with E-state index in [1.165, 1.54) is 6.07 Å². The lowest BCUT2D eigenvalue weighted by molar-refractivity contribution is -0.137. The maximum absolute atomic E-state index is 12.4. The second-order valence-corrected chi connectivity index (χ2v) is 4.75. The van der Waals surface area contributed by atoms with Gasteiger partial charge in [0.1, 0.15) is 0 Å². The van der Waals surface area contributed by atoms with Gasteiger partial charge < -0.3 is 0 Å². The van der Waals surface area contributed by atoms with Crippen molar-refractivity contribution in [2.45, 2.75) is 6.18 Å². The molecule has 1 rings (SSSR count). The summed E-state index contributed by atoms with van der Waals surface area (Å²) in [7, 11) is 0. The predicted octanol–water partition coefficient (Wildman–Crippen LogP) is 3.79. The van der Waals surface area contributed by atoms with E-state index in [0.29, 0.717) is 7.14 Å². The average molecular weight is 423 g/mol. The van der Waals surface area contributed by atoms with E-state index >= 15 is 0 Å². The van der Waals surface area contributed by atoms with Crippen LogP contribution in [0, 0.1) is 18.5 Å². The van der Waals surface area contributed by atoms with Gasteiger partial charge >= 0.3 is 6.18 Å². The van der Waals surface area contributed by atoms with Crippen molar-refractivity contribution >= 4 is 45.2 Å². The number of benzene rings is 1. The van der Waals surface area contributed by atoms with Crippen molar-refractivity contribution in [1.29, 1.82) is 5.26 Å². The molecule has 0 amide bonds. The zero-order chi connectivity index (χ0) is 10.9. The van der Waals surface area contributed by atoms with Crippen LogP contribution in [0.3, 0.4) is 0 Å². The van der Waals surface area contributed by atoms with Gasteiger partial charge in [-0.1, -0.05) is 0 Å². The second kappa shape index (κ2) is 4.22. The SMILES string of the molecule is N#Cc1cc(I)c(I)cc1C(F)(F)F. The maximum atomic E-state index is 12.4. The minimum absolute atomic E-state index is 0.331. The molecule has 0 aromatic heterocycles. The standard InChI is InChI=1S/C8H2F3I2N/c9-8(10,11)5-2-7(13)6(12)1-4(5)3-14/h1-2H. The Bertz CT molecular complexity index is 406. The van der Waals surface area contributed by atoms with Crippen molar-refractivity contribution in [3.63, 3.8) is 0 Å². The molecule has 1 aromatic rings. The average Bonchev–Trinajstić information content (AvgIpc) is 2.07. The summed E-state index contributed by atoms with van der Waals surface area (Å²) in [4.78, 5) is 0. The molecule has 0 atom stereocenters. The summed E-state index contributed by atoms with van der Waals surface area (Å²) in [5.41, 5.74) is -1.20. The smallest absolute Gasteiger partial charge is 0.192 e. The lowest BCUT2D eigenvalue weighted by Gasteiger charge is -2.09. The minimum atomic E-state index is -4.46. The van der Waals surface area contributed by atoms with E-state index in [9.17, 15) is 13.2 Å².